The Balaban J connectivity index is 2.09. The summed E-state index contributed by atoms with van der Waals surface area (Å²) in [5, 5.41) is 11.0. The summed E-state index contributed by atoms with van der Waals surface area (Å²) in [6.07, 6.45) is 0.649. The standard InChI is InChI=1S/C14H11Cl2NO2/c15-12-5-1-10(2-6-12)9-14(16)11-3-7-13(8-4-11)17(18)19/h1-8,14H,9H2/t14-/m1/s1. The molecule has 3 nitrogen and oxygen atoms in total. The molecule has 0 saturated carbocycles. The Labute approximate surface area is 120 Å². The molecule has 0 aliphatic heterocycles. The van der Waals surface area contributed by atoms with Gasteiger partial charge in [0.2, 0.25) is 0 Å². The van der Waals surface area contributed by atoms with Gasteiger partial charge in [-0.1, -0.05) is 35.9 Å². The Bertz CT molecular complexity index is 567. The fourth-order valence-corrected chi connectivity index (χ4v) is 2.20. The molecule has 2 aromatic carbocycles. The fourth-order valence-electron chi connectivity index (χ4n) is 1.75. The van der Waals surface area contributed by atoms with E-state index in [2.05, 4.69) is 0 Å². The number of hydrogen-bond acceptors (Lipinski definition) is 2. The molecule has 0 aromatic heterocycles. The van der Waals surface area contributed by atoms with E-state index in [4.69, 9.17) is 23.2 Å². The molecule has 0 aliphatic carbocycles. The fraction of sp³-hybridized carbons (Fsp3) is 0.143. The predicted molar refractivity (Wildman–Crippen MR) is 76.8 cm³/mol. The second-order valence-corrected chi connectivity index (χ2v) is 5.11. The van der Waals surface area contributed by atoms with Crippen molar-refractivity contribution >= 4 is 28.9 Å². The normalized spacial score (nSPS) is 12.1. The molecule has 0 unspecified atom stereocenters. The lowest BCUT2D eigenvalue weighted by molar-refractivity contribution is -0.384. The van der Waals surface area contributed by atoms with E-state index in [1.165, 1.54) is 12.1 Å². The number of non-ortho nitro benzene ring substituents is 1. The molecule has 2 rings (SSSR count). The first-order valence-electron chi connectivity index (χ1n) is 5.69. The van der Waals surface area contributed by atoms with E-state index in [1.54, 1.807) is 12.1 Å². The smallest absolute Gasteiger partial charge is 0.258 e. The maximum atomic E-state index is 10.6. The number of alkyl halides is 1. The van der Waals surface area contributed by atoms with Crippen LogP contribution in [-0.2, 0) is 6.42 Å². The van der Waals surface area contributed by atoms with E-state index in [-0.39, 0.29) is 11.1 Å². The van der Waals surface area contributed by atoms with E-state index in [1.807, 2.05) is 24.3 Å². The van der Waals surface area contributed by atoms with Gasteiger partial charge in [-0.05, 0) is 29.7 Å². The molecule has 0 fully saturated rings. The topological polar surface area (TPSA) is 43.1 Å². The third kappa shape index (κ3) is 3.69. The third-order valence-corrected chi connectivity index (χ3v) is 3.45. The van der Waals surface area contributed by atoms with Gasteiger partial charge < -0.3 is 0 Å². The highest BCUT2D eigenvalue weighted by atomic mass is 35.5. The number of rotatable bonds is 4. The summed E-state index contributed by atoms with van der Waals surface area (Å²) in [6.45, 7) is 0. The van der Waals surface area contributed by atoms with E-state index < -0.39 is 4.92 Å². The zero-order chi connectivity index (χ0) is 13.8. The Kier molecular flexibility index (Phi) is 4.40. The highest BCUT2D eigenvalue weighted by Crippen LogP contribution is 2.27. The van der Waals surface area contributed by atoms with Crippen LogP contribution in [0.15, 0.2) is 48.5 Å². The number of benzene rings is 2. The average molecular weight is 296 g/mol. The number of halogens is 2. The Morgan fingerprint density at radius 2 is 1.63 bits per heavy atom. The van der Waals surface area contributed by atoms with Crippen LogP contribution < -0.4 is 0 Å². The van der Waals surface area contributed by atoms with Crippen molar-refractivity contribution in [2.24, 2.45) is 0 Å². The summed E-state index contributed by atoms with van der Waals surface area (Å²) in [5.74, 6) is 0. The van der Waals surface area contributed by atoms with Gasteiger partial charge in [-0.15, -0.1) is 11.6 Å². The van der Waals surface area contributed by atoms with Crippen LogP contribution in [0.5, 0.6) is 0 Å². The minimum Gasteiger partial charge on any atom is -0.258 e. The lowest BCUT2D eigenvalue weighted by Crippen LogP contribution is -1.96. The first-order valence-corrected chi connectivity index (χ1v) is 6.50. The predicted octanol–water partition coefficient (Wildman–Crippen LogP) is 4.77. The minimum atomic E-state index is -0.424. The molecule has 98 valence electrons. The van der Waals surface area contributed by atoms with Crippen LogP contribution in [0.3, 0.4) is 0 Å². The molecule has 0 N–H and O–H groups in total. The highest BCUT2D eigenvalue weighted by molar-refractivity contribution is 6.30. The van der Waals surface area contributed by atoms with Gasteiger partial charge >= 0.3 is 0 Å². The number of nitro groups is 1. The van der Waals surface area contributed by atoms with Crippen LogP contribution in [0.4, 0.5) is 5.69 Å². The van der Waals surface area contributed by atoms with Crippen molar-refractivity contribution in [1.29, 1.82) is 0 Å². The summed E-state index contributed by atoms with van der Waals surface area (Å²) in [4.78, 5) is 10.1. The van der Waals surface area contributed by atoms with Crippen molar-refractivity contribution in [3.8, 4) is 0 Å². The van der Waals surface area contributed by atoms with Crippen molar-refractivity contribution in [3.05, 3.63) is 74.8 Å². The SMILES string of the molecule is O=[N+]([O-])c1ccc([C@H](Cl)Cc2ccc(Cl)cc2)cc1. The van der Waals surface area contributed by atoms with Crippen molar-refractivity contribution in [2.75, 3.05) is 0 Å². The highest BCUT2D eigenvalue weighted by Gasteiger charge is 2.11. The molecular weight excluding hydrogens is 285 g/mol. The molecule has 0 radical (unpaired) electrons. The molecule has 2 aromatic rings. The maximum absolute atomic E-state index is 10.6. The summed E-state index contributed by atoms with van der Waals surface area (Å²) in [6, 6.07) is 13.8. The van der Waals surface area contributed by atoms with Crippen LogP contribution in [0.1, 0.15) is 16.5 Å². The van der Waals surface area contributed by atoms with E-state index in [9.17, 15) is 10.1 Å². The van der Waals surface area contributed by atoms with Crippen molar-refractivity contribution in [3.63, 3.8) is 0 Å². The first kappa shape index (κ1) is 13.8. The Morgan fingerprint density at radius 1 is 1.05 bits per heavy atom. The lowest BCUT2D eigenvalue weighted by Gasteiger charge is -2.09. The van der Waals surface area contributed by atoms with Gasteiger partial charge in [0.1, 0.15) is 0 Å². The summed E-state index contributed by atoms with van der Waals surface area (Å²) in [5.41, 5.74) is 2.00. The largest absolute Gasteiger partial charge is 0.269 e. The first-order chi connectivity index (χ1) is 9.06. The molecule has 5 heteroatoms. The summed E-state index contributed by atoms with van der Waals surface area (Å²) >= 11 is 12.1. The quantitative estimate of drug-likeness (QED) is 0.463. The van der Waals surface area contributed by atoms with Gasteiger partial charge in [-0.3, -0.25) is 10.1 Å². The van der Waals surface area contributed by atoms with Crippen molar-refractivity contribution in [2.45, 2.75) is 11.8 Å². The van der Waals surface area contributed by atoms with Gasteiger partial charge in [-0.2, -0.15) is 0 Å². The zero-order valence-electron chi connectivity index (χ0n) is 9.92. The molecule has 0 amide bonds. The molecule has 19 heavy (non-hydrogen) atoms. The third-order valence-electron chi connectivity index (χ3n) is 2.79. The molecular formula is C14H11Cl2NO2. The second kappa shape index (κ2) is 6.04. The monoisotopic (exact) mass is 295 g/mol. The molecule has 0 heterocycles. The van der Waals surface area contributed by atoms with E-state index in [0.29, 0.717) is 11.4 Å². The molecule has 1 atom stereocenters. The Morgan fingerprint density at radius 3 is 2.16 bits per heavy atom. The summed E-state index contributed by atoms with van der Waals surface area (Å²) in [7, 11) is 0. The van der Waals surface area contributed by atoms with Gasteiger partial charge in [0.15, 0.2) is 0 Å². The zero-order valence-corrected chi connectivity index (χ0v) is 11.4. The Hall–Kier alpha value is -1.58. The van der Waals surface area contributed by atoms with E-state index in [0.717, 1.165) is 11.1 Å². The van der Waals surface area contributed by atoms with Crippen LogP contribution in [-0.4, -0.2) is 4.92 Å². The minimum absolute atomic E-state index is 0.0686. The van der Waals surface area contributed by atoms with Crippen molar-refractivity contribution < 1.29 is 4.92 Å². The second-order valence-electron chi connectivity index (χ2n) is 4.15. The average Bonchev–Trinajstić information content (AvgIpc) is 2.41. The van der Waals surface area contributed by atoms with Crippen molar-refractivity contribution in [1.82, 2.24) is 0 Å². The maximum Gasteiger partial charge on any atom is 0.269 e. The molecule has 0 aliphatic rings. The molecule has 0 bridgehead atoms. The van der Waals surface area contributed by atoms with Gasteiger partial charge in [0, 0.05) is 17.2 Å². The lowest BCUT2D eigenvalue weighted by atomic mass is 10.0. The van der Waals surface area contributed by atoms with E-state index >= 15 is 0 Å². The van der Waals surface area contributed by atoms with Crippen LogP contribution in [0.25, 0.3) is 0 Å². The molecule has 0 saturated heterocycles. The number of hydrogen-bond donors (Lipinski definition) is 0. The van der Waals surface area contributed by atoms with Crippen LogP contribution >= 0.6 is 23.2 Å². The van der Waals surface area contributed by atoms with Gasteiger partial charge in [0.05, 0.1) is 10.3 Å². The van der Waals surface area contributed by atoms with Gasteiger partial charge in [0.25, 0.3) is 5.69 Å². The molecule has 0 spiro atoms. The summed E-state index contributed by atoms with van der Waals surface area (Å²) < 4.78 is 0. The van der Waals surface area contributed by atoms with Crippen LogP contribution in [0.2, 0.25) is 5.02 Å². The van der Waals surface area contributed by atoms with Gasteiger partial charge in [-0.25, -0.2) is 0 Å². The van der Waals surface area contributed by atoms with Crippen LogP contribution in [0, 0.1) is 10.1 Å². The number of nitrogens with zero attached hydrogens (tertiary/aromatic N) is 1. The number of nitro benzene ring substituents is 1.